The Balaban J connectivity index is 0.00000341. The fraction of sp³-hybridized carbons (Fsp3) is 0.455. The van der Waals surface area contributed by atoms with Gasteiger partial charge in [-0.3, -0.25) is 9.98 Å². The second kappa shape index (κ2) is 14.2. The summed E-state index contributed by atoms with van der Waals surface area (Å²) in [5, 5.41) is 6.41. The molecule has 1 aliphatic heterocycles. The molecule has 9 heteroatoms. The highest BCUT2D eigenvalue weighted by atomic mass is 127. The minimum absolute atomic E-state index is 0. The maximum absolute atomic E-state index is 14.3. The van der Waals surface area contributed by atoms with Crippen molar-refractivity contribution in [3.8, 4) is 11.5 Å². The van der Waals surface area contributed by atoms with Gasteiger partial charge in [0, 0.05) is 39.5 Å². The minimum Gasteiger partial charge on any atom is -0.453 e. The van der Waals surface area contributed by atoms with E-state index in [1.807, 2.05) is 6.07 Å². The number of rotatable bonds is 10. The summed E-state index contributed by atoms with van der Waals surface area (Å²) >= 11 is 0. The van der Waals surface area contributed by atoms with Gasteiger partial charge in [0.25, 0.3) is 0 Å². The van der Waals surface area contributed by atoms with Gasteiger partial charge in [0.15, 0.2) is 17.5 Å². The van der Waals surface area contributed by atoms with Gasteiger partial charge < -0.3 is 24.8 Å². The molecule has 0 aliphatic carbocycles. The van der Waals surface area contributed by atoms with Gasteiger partial charge in [0.2, 0.25) is 0 Å². The number of aromatic nitrogens is 1. The Hall–Kier alpha value is -1.98. The number of pyridine rings is 1. The molecular weight excluding hydrogens is 514 g/mol. The van der Waals surface area contributed by atoms with E-state index in [1.54, 1.807) is 31.4 Å². The minimum atomic E-state index is -0.426. The Kier molecular flexibility index (Phi) is 11.5. The normalized spacial score (nSPS) is 15.9. The summed E-state index contributed by atoms with van der Waals surface area (Å²) in [5.74, 6) is 0.888. The summed E-state index contributed by atoms with van der Waals surface area (Å²) in [7, 11) is 1.70. The van der Waals surface area contributed by atoms with E-state index in [0.29, 0.717) is 31.5 Å². The van der Waals surface area contributed by atoms with Crippen molar-refractivity contribution in [3.05, 3.63) is 54.1 Å². The van der Waals surface area contributed by atoms with Crippen molar-refractivity contribution in [3.63, 3.8) is 0 Å². The lowest BCUT2D eigenvalue weighted by Gasteiger charge is -2.13. The van der Waals surface area contributed by atoms with E-state index in [2.05, 4.69) is 20.6 Å². The van der Waals surface area contributed by atoms with Gasteiger partial charge in [-0.25, -0.2) is 4.39 Å². The van der Waals surface area contributed by atoms with Gasteiger partial charge in [-0.05, 0) is 49.1 Å². The molecule has 31 heavy (non-hydrogen) atoms. The first kappa shape index (κ1) is 25.3. The number of guanidine groups is 1. The van der Waals surface area contributed by atoms with Gasteiger partial charge in [0.1, 0.15) is 5.75 Å². The van der Waals surface area contributed by atoms with Crippen LogP contribution in [0.25, 0.3) is 0 Å². The molecule has 1 fully saturated rings. The number of nitrogens with zero attached hydrogens (tertiary/aromatic N) is 2. The van der Waals surface area contributed by atoms with Gasteiger partial charge in [-0.2, -0.15) is 0 Å². The molecule has 0 saturated carbocycles. The van der Waals surface area contributed by atoms with Crippen molar-refractivity contribution >= 4 is 29.9 Å². The quantitative estimate of drug-likeness (QED) is 0.205. The molecule has 1 aliphatic rings. The first-order valence-electron chi connectivity index (χ1n) is 10.2. The van der Waals surface area contributed by atoms with Crippen LogP contribution in [0.2, 0.25) is 0 Å². The van der Waals surface area contributed by atoms with Crippen molar-refractivity contribution in [1.82, 2.24) is 15.6 Å². The molecule has 1 atom stereocenters. The Morgan fingerprint density at radius 2 is 2.23 bits per heavy atom. The summed E-state index contributed by atoms with van der Waals surface area (Å²) in [6.45, 7) is 3.37. The summed E-state index contributed by atoms with van der Waals surface area (Å²) in [4.78, 5) is 8.14. The van der Waals surface area contributed by atoms with E-state index < -0.39 is 5.82 Å². The van der Waals surface area contributed by atoms with Crippen LogP contribution in [0.1, 0.15) is 24.8 Å². The molecule has 0 spiro atoms. The van der Waals surface area contributed by atoms with Crippen LogP contribution >= 0.6 is 24.0 Å². The lowest BCUT2D eigenvalue weighted by atomic mass is 10.2. The summed E-state index contributed by atoms with van der Waals surface area (Å²) in [6.07, 6.45) is 6.51. The number of nitrogens with one attached hydrogen (secondary N) is 2. The maximum atomic E-state index is 14.3. The van der Waals surface area contributed by atoms with Crippen molar-refractivity contribution in [2.75, 3.05) is 33.4 Å². The van der Waals surface area contributed by atoms with E-state index in [9.17, 15) is 4.39 Å². The Morgan fingerprint density at radius 1 is 1.32 bits per heavy atom. The van der Waals surface area contributed by atoms with Crippen LogP contribution in [-0.4, -0.2) is 50.5 Å². The lowest BCUT2D eigenvalue weighted by Crippen LogP contribution is -2.37. The zero-order valence-corrected chi connectivity index (χ0v) is 20.0. The lowest BCUT2D eigenvalue weighted by molar-refractivity contribution is 0.0168. The molecule has 2 heterocycles. The molecule has 170 valence electrons. The van der Waals surface area contributed by atoms with E-state index in [0.717, 1.165) is 38.0 Å². The van der Waals surface area contributed by atoms with Gasteiger partial charge in [-0.1, -0.05) is 6.07 Å². The first-order chi connectivity index (χ1) is 14.7. The van der Waals surface area contributed by atoms with Crippen LogP contribution in [0.4, 0.5) is 4.39 Å². The number of halogens is 2. The fourth-order valence-electron chi connectivity index (χ4n) is 3.05. The van der Waals surface area contributed by atoms with Crippen molar-refractivity contribution in [2.24, 2.45) is 4.99 Å². The molecule has 7 nitrogen and oxygen atoms in total. The third kappa shape index (κ3) is 8.96. The van der Waals surface area contributed by atoms with Gasteiger partial charge in [0.05, 0.1) is 18.9 Å². The molecule has 2 N–H and O–H groups in total. The smallest absolute Gasteiger partial charge is 0.191 e. The van der Waals surface area contributed by atoms with E-state index in [1.165, 1.54) is 12.3 Å². The predicted molar refractivity (Wildman–Crippen MR) is 129 cm³/mol. The summed E-state index contributed by atoms with van der Waals surface area (Å²) < 4.78 is 31.0. The van der Waals surface area contributed by atoms with Crippen LogP contribution in [0.3, 0.4) is 0 Å². The predicted octanol–water partition coefficient (Wildman–Crippen LogP) is 3.88. The average Bonchev–Trinajstić information content (AvgIpc) is 3.29. The Labute approximate surface area is 199 Å². The molecule has 1 aromatic carbocycles. The molecule has 3 rings (SSSR count). The molecular formula is C22H30FIN4O3. The SMILES string of the molecule is CN=C(NCCCOCC1CCCO1)NCc1ccc(Oc2cccnc2)c(F)c1.I. The monoisotopic (exact) mass is 544 g/mol. The largest absolute Gasteiger partial charge is 0.453 e. The van der Waals surface area contributed by atoms with Crippen LogP contribution in [-0.2, 0) is 16.0 Å². The second-order valence-corrected chi connectivity index (χ2v) is 6.97. The first-order valence-corrected chi connectivity index (χ1v) is 10.2. The fourth-order valence-corrected chi connectivity index (χ4v) is 3.05. The van der Waals surface area contributed by atoms with E-state index in [4.69, 9.17) is 14.2 Å². The molecule has 1 aromatic heterocycles. The second-order valence-electron chi connectivity index (χ2n) is 6.97. The van der Waals surface area contributed by atoms with Crippen molar-refractivity contribution < 1.29 is 18.6 Å². The molecule has 0 amide bonds. The highest BCUT2D eigenvalue weighted by molar-refractivity contribution is 14.0. The van der Waals surface area contributed by atoms with Crippen LogP contribution in [0.15, 0.2) is 47.7 Å². The third-order valence-electron chi connectivity index (χ3n) is 4.63. The van der Waals surface area contributed by atoms with Crippen LogP contribution in [0, 0.1) is 5.82 Å². The number of ether oxygens (including phenoxy) is 3. The number of aliphatic imine (C=N–C) groups is 1. The zero-order chi connectivity index (χ0) is 21.0. The maximum Gasteiger partial charge on any atom is 0.191 e. The molecule has 0 radical (unpaired) electrons. The van der Waals surface area contributed by atoms with Crippen LogP contribution < -0.4 is 15.4 Å². The zero-order valence-electron chi connectivity index (χ0n) is 17.7. The number of hydrogen-bond acceptors (Lipinski definition) is 5. The summed E-state index contributed by atoms with van der Waals surface area (Å²) in [6, 6.07) is 8.34. The molecule has 1 saturated heterocycles. The molecule has 2 aromatic rings. The number of benzene rings is 1. The number of hydrogen-bond donors (Lipinski definition) is 2. The van der Waals surface area contributed by atoms with E-state index >= 15 is 0 Å². The highest BCUT2D eigenvalue weighted by Gasteiger charge is 2.14. The van der Waals surface area contributed by atoms with E-state index in [-0.39, 0.29) is 35.8 Å². The standard InChI is InChI=1S/C22H29FN4O3.HI/c1-24-22(26-10-4-11-28-16-19-6-3-12-29-19)27-14-17-7-8-21(20(23)13-17)30-18-5-2-9-25-15-18;/h2,5,7-9,13,15,19H,3-4,6,10-12,14,16H2,1H3,(H2,24,26,27);1H. The van der Waals surface area contributed by atoms with Gasteiger partial charge in [-0.15, -0.1) is 24.0 Å². The van der Waals surface area contributed by atoms with Crippen molar-refractivity contribution in [2.45, 2.75) is 31.9 Å². The van der Waals surface area contributed by atoms with Crippen molar-refractivity contribution in [1.29, 1.82) is 0 Å². The Morgan fingerprint density at radius 3 is 2.94 bits per heavy atom. The highest BCUT2D eigenvalue weighted by Crippen LogP contribution is 2.24. The third-order valence-corrected chi connectivity index (χ3v) is 4.63. The molecule has 1 unspecified atom stereocenters. The topological polar surface area (TPSA) is 77.0 Å². The van der Waals surface area contributed by atoms with Gasteiger partial charge >= 0.3 is 0 Å². The molecule has 0 bridgehead atoms. The average molecular weight is 544 g/mol. The Bertz CT molecular complexity index is 805. The van der Waals surface area contributed by atoms with Crippen LogP contribution in [0.5, 0.6) is 11.5 Å². The summed E-state index contributed by atoms with van der Waals surface area (Å²) in [5.41, 5.74) is 0.786.